The van der Waals surface area contributed by atoms with Crippen LogP contribution in [0.3, 0.4) is 0 Å². The van der Waals surface area contributed by atoms with E-state index in [0.29, 0.717) is 19.7 Å². The number of methoxy groups -OCH3 is 1. The highest BCUT2D eigenvalue weighted by molar-refractivity contribution is 5.68. The molecule has 1 N–H and O–H groups in total. The number of hydrogen-bond donors (Lipinski definition) is 1. The minimum Gasteiger partial charge on any atom is -0.508 e. The maximum absolute atomic E-state index is 12.3. The van der Waals surface area contributed by atoms with Gasteiger partial charge in [0.2, 0.25) is 0 Å². The van der Waals surface area contributed by atoms with E-state index in [9.17, 15) is 9.90 Å². The van der Waals surface area contributed by atoms with E-state index in [1.807, 2.05) is 26.8 Å². The number of aromatic hydroxyl groups is 1. The Balaban J connectivity index is 2.70. The number of rotatable bonds is 7. The van der Waals surface area contributed by atoms with Gasteiger partial charge < -0.3 is 19.5 Å². The van der Waals surface area contributed by atoms with E-state index < -0.39 is 5.60 Å². The van der Waals surface area contributed by atoms with Crippen LogP contribution in [0.1, 0.15) is 39.2 Å². The summed E-state index contributed by atoms with van der Waals surface area (Å²) < 4.78 is 10.5. The Morgan fingerprint density at radius 1 is 1.27 bits per heavy atom. The molecule has 0 saturated carbocycles. The van der Waals surface area contributed by atoms with E-state index in [1.54, 1.807) is 30.2 Å². The number of carbonyl (C=O) groups is 1. The van der Waals surface area contributed by atoms with Crippen LogP contribution in [0.15, 0.2) is 24.3 Å². The first-order chi connectivity index (χ1) is 10.3. The molecule has 0 aliphatic heterocycles. The Morgan fingerprint density at radius 3 is 2.59 bits per heavy atom. The number of unbranched alkanes of at least 4 members (excludes halogenated alkanes) is 1. The van der Waals surface area contributed by atoms with Gasteiger partial charge in [-0.15, -0.1) is 0 Å². The van der Waals surface area contributed by atoms with Crippen LogP contribution in [0, 0.1) is 0 Å². The number of hydrogen-bond acceptors (Lipinski definition) is 4. The second-order valence-corrected chi connectivity index (χ2v) is 6.27. The van der Waals surface area contributed by atoms with E-state index in [-0.39, 0.29) is 11.8 Å². The van der Waals surface area contributed by atoms with Crippen LogP contribution >= 0.6 is 0 Å². The molecule has 0 unspecified atom stereocenters. The van der Waals surface area contributed by atoms with Crippen LogP contribution in [0.4, 0.5) is 4.79 Å². The van der Waals surface area contributed by atoms with Crippen LogP contribution < -0.4 is 0 Å². The summed E-state index contributed by atoms with van der Waals surface area (Å²) in [5.41, 5.74) is 0.346. The van der Waals surface area contributed by atoms with Crippen molar-refractivity contribution in [3.05, 3.63) is 29.8 Å². The molecular weight excluding hydrogens is 282 g/mol. The van der Waals surface area contributed by atoms with Crippen molar-refractivity contribution in [3.63, 3.8) is 0 Å². The van der Waals surface area contributed by atoms with E-state index in [4.69, 9.17) is 9.47 Å². The molecule has 0 spiro atoms. The minimum absolute atomic E-state index is 0.195. The van der Waals surface area contributed by atoms with Crippen LogP contribution in [0.25, 0.3) is 0 Å². The molecule has 0 bridgehead atoms. The van der Waals surface area contributed by atoms with Crippen molar-refractivity contribution in [1.29, 1.82) is 0 Å². The summed E-state index contributed by atoms with van der Waals surface area (Å²) in [4.78, 5) is 14.0. The van der Waals surface area contributed by atoms with Crippen LogP contribution in [0.2, 0.25) is 0 Å². The number of nitrogens with zero attached hydrogens (tertiary/aromatic N) is 1. The van der Waals surface area contributed by atoms with Crippen molar-refractivity contribution in [3.8, 4) is 5.75 Å². The average Bonchev–Trinajstić information content (AvgIpc) is 2.40. The molecule has 22 heavy (non-hydrogen) atoms. The Morgan fingerprint density at radius 2 is 2.00 bits per heavy atom. The number of ether oxygens (including phenoxy) is 2. The second-order valence-electron chi connectivity index (χ2n) is 6.27. The molecule has 0 saturated heterocycles. The predicted molar refractivity (Wildman–Crippen MR) is 85.9 cm³/mol. The first kappa shape index (κ1) is 18.3. The zero-order valence-corrected chi connectivity index (χ0v) is 14.0. The molecule has 0 aliphatic carbocycles. The molecular formula is C17H27NO4. The standard InChI is InChI=1S/C17H27NO4/c1-17(2,3)22-16(20)18(10-5-6-11-21-4)13-14-8-7-9-15(19)12-14/h7-9,12,19H,5-6,10-11,13H2,1-4H3. The lowest BCUT2D eigenvalue weighted by Crippen LogP contribution is -2.37. The third-order valence-corrected chi connectivity index (χ3v) is 2.96. The molecule has 0 aromatic heterocycles. The van der Waals surface area contributed by atoms with Crippen LogP contribution in [-0.2, 0) is 16.0 Å². The molecule has 1 amide bonds. The second kappa shape index (κ2) is 8.63. The summed E-state index contributed by atoms with van der Waals surface area (Å²) >= 11 is 0. The van der Waals surface area contributed by atoms with Crippen molar-refractivity contribution < 1.29 is 19.4 Å². The first-order valence-electron chi connectivity index (χ1n) is 7.56. The van der Waals surface area contributed by atoms with Gasteiger partial charge in [-0.25, -0.2) is 4.79 Å². The summed E-state index contributed by atoms with van der Waals surface area (Å²) in [5.74, 6) is 0.195. The fraction of sp³-hybridized carbons (Fsp3) is 0.588. The van der Waals surface area contributed by atoms with E-state index in [1.165, 1.54) is 0 Å². The lowest BCUT2D eigenvalue weighted by Gasteiger charge is -2.27. The molecule has 0 aliphatic rings. The van der Waals surface area contributed by atoms with Crippen LogP contribution in [-0.4, -0.2) is 42.0 Å². The number of amides is 1. The van der Waals surface area contributed by atoms with Gasteiger partial charge >= 0.3 is 6.09 Å². The molecule has 5 nitrogen and oxygen atoms in total. The van der Waals surface area contributed by atoms with Gasteiger partial charge in [0.1, 0.15) is 11.4 Å². The maximum atomic E-state index is 12.3. The monoisotopic (exact) mass is 309 g/mol. The summed E-state index contributed by atoms with van der Waals surface area (Å²) in [6, 6.07) is 6.92. The molecule has 1 rings (SSSR count). The molecule has 0 fully saturated rings. The largest absolute Gasteiger partial charge is 0.508 e. The molecule has 124 valence electrons. The molecule has 0 radical (unpaired) electrons. The number of phenolic OH excluding ortho intramolecular Hbond substituents is 1. The first-order valence-corrected chi connectivity index (χ1v) is 7.56. The van der Waals surface area contributed by atoms with Crippen molar-refractivity contribution in [2.45, 2.75) is 45.8 Å². The minimum atomic E-state index is -0.527. The normalized spacial score (nSPS) is 11.3. The van der Waals surface area contributed by atoms with Gasteiger partial charge in [-0.1, -0.05) is 12.1 Å². The lowest BCUT2D eigenvalue weighted by molar-refractivity contribution is 0.0226. The van der Waals surface area contributed by atoms with Crippen molar-refractivity contribution in [2.24, 2.45) is 0 Å². The number of benzene rings is 1. The number of carbonyl (C=O) groups excluding carboxylic acids is 1. The molecule has 0 atom stereocenters. The summed E-state index contributed by atoms with van der Waals surface area (Å²) in [7, 11) is 1.67. The van der Waals surface area contributed by atoms with Crippen molar-refractivity contribution in [1.82, 2.24) is 4.90 Å². The van der Waals surface area contributed by atoms with Crippen LogP contribution in [0.5, 0.6) is 5.75 Å². The highest BCUT2D eigenvalue weighted by Gasteiger charge is 2.22. The fourth-order valence-electron chi connectivity index (χ4n) is 1.99. The average molecular weight is 309 g/mol. The maximum Gasteiger partial charge on any atom is 0.410 e. The summed E-state index contributed by atoms with van der Waals surface area (Å²) in [6.45, 7) is 7.23. The summed E-state index contributed by atoms with van der Waals surface area (Å²) in [5, 5.41) is 9.55. The third-order valence-electron chi connectivity index (χ3n) is 2.96. The molecule has 0 heterocycles. The van der Waals surface area contributed by atoms with E-state index in [2.05, 4.69) is 0 Å². The highest BCUT2D eigenvalue weighted by atomic mass is 16.6. The molecule has 1 aromatic carbocycles. The zero-order valence-electron chi connectivity index (χ0n) is 14.0. The van der Waals surface area contributed by atoms with Gasteiger partial charge in [-0.05, 0) is 51.3 Å². The van der Waals surface area contributed by atoms with E-state index in [0.717, 1.165) is 18.4 Å². The number of phenols is 1. The Kier molecular flexibility index (Phi) is 7.18. The SMILES string of the molecule is COCCCCN(Cc1cccc(O)c1)C(=O)OC(C)(C)C. The molecule has 1 aromatic rings. The zero-order chi connectivity index (χ0) is 16.6. The van der Waals surface area contributed by atoms with Gasteiger partial charge in [0, 0.05) is 26.8 Å². The Hall–Kier alpha value is -1.75. The van der Waals surface area contributed by atoms with Gasteiger partial charge in [0.05, 0.1) is 0 Å². The fourth-order valence-corrected chi connectivity index (χ4v) is 1.99. The van der Waals surface area contributed by atoms with E-state index >= 15 is 0 Å². The summed E-state index contributed by atoms with van der Waals surface area (Å²) in [6.07, 6.45) is 1.38. The Bertz CT molecular complexity index is 468. The highest BCUT2D eigenvalue weighted by Crippen LogP contribution is 2.16. The lowest BCUT2D eigenvalue weighted by atomic mass is 10.2. The topological polar surface area (TPSA) is 59.0 Å². The quantitative estimate of drug-likeness (QED) is 0.782. The van der Waals surface area contributed by atoms with Gasteiger partial charge in [0.25, 0.3) is 0 Å². The van der Waals surface area contributed by atoms with Crippen molar-refractivity contribution in [2.75, 3.05) is 20.3 Å². The predicted octanol–water partition coefficient (Wildman–Crippen LogP) is 3.56. The Labute approximate surface area is 132 Å². The van der Waals surface area contributed by atoms with Gasteiger partial charge in [0.15, 0.2) is 0 Å². The smallest absolute Gasteiger partial charge is 0.410 e. The molecule has 5 heteroatoms. The van der Waals surface area contributed by atoms with Gasteiger partial charge in [-0.2, -0.15) is 0 Å². The third kappa shape index (κ3) is 7.31. The van der Waals surface area contributed by atoms with Crippen molar-refractivity contribution >= 4 is 6.09 Å². The van der Waals surface area contributed by atoms with Gasteiger partial charge in [-0.3, -0.25) is 0 Å².